The van der Waals surface area contributed by atoms with Crippen molar-refractivity contribution in [1.29, 1.82) is 0 Å². The van der Waals surface area contributed by atoms with Gasteiger partial charge in [-0.3, -0.25) is 0 Å². The molecule has 1 saturated heterocycles. The number of hydrogen-bond donors (Lipinski definition) is 2. The Bertz CT molecular complexity index is 681. The molecule has 0 unspecified atom stereocenters. The summed E-state index contributed by atoms with van der Waals surface area (Å²) < 4.78 is 32.6. The first-order valence-corrected chi connectivity index (χ1v) is 11.1. The summed E-state index contributed by atoms with van der Waals surface area (Å²) >= 11 is 0. The van der Waals surface area contributed by atoms with Crippen LogP contribution in [0.15, 0.2) is 29.2 Å². The van der Waals surface area contributed by atoms with E-state index < -0.39 is 10.0 Å². The molecule has 1 aromatic rings. The summed E-state index contributed by atoms with van der Waals surface area (Å²) in [6.07, 6.45) is 5.12. The van der Waals surface area contributed by atoms with Crippen LogP contribution in [-0.4, -0.2) is 51.7 Å². The van der Waals surface area contributed by atoms with Crippen molar-refractivity contribution in [2.75, 3.05) is 31.6 Å². The Hall–Kier alpha value is -1.64. The lowest BCUT2D eigenvalue weighted by molar-refractivity contribution is 0.0778. The summed E-state index contributed by atoms with van der Waals surface area (Å²) in [6, 6.07) is 6.12. The average Bonchev–Trinajstić information content (AvgIpc) is 2.91. The van der Waals surface area contributed by atoms with Crippen LogP contribution in [0.4, 0.5) is 10.5 Å². The Labute approximate surface area is 162 Å². The topological polar surface area (TPSA) is 87.7 Å². The molecule has 0 saturated carbocycles. The van der Waals surface area contributed by atoms with Gasteiger partial charge in [0.15, 0.2) is 0 Å². The van der Waals surface area contributed by atoms with Crippen LogP contribution in [-0.2, 0) is 14.8 Å². The predicted molar refractivity (Wildman–Crippen MR) is 106 cm³/mol. The van der Waals surface area contributed by atoms with E-state index in [1.54, 1.807) is 12.1 Å². The summed E-state index contributed by atoms with van der Waals surface area (Å²) in [7, 11) is -3.56. The minimum atomic E-state index is -3.56. The van der Waals surface area contributed by atoms with Crippen molar-refractivity contribution in [1.82, 2.24) is 9.62 Å². The molecule has 1 aliphatic rings. The number of amides is 2. The zero-order valence-corrected chi connectivity index (χ0v) is 17.1. The van der Waals surface area contributed by atoms with Gasteiger partial charge in [-0.05, 0) is 57.4 Å². The molecule has 2 N–H and O–H groups in total. The first kappa shape index (κ1) is 21.7. The van der Waals surface area contributed by atoms with Crippen molar-refractivity contribution in [3.8, 4) is 0 Å². The highest BCUT2D eigenvalue weighted by Crippen LogP contribution is 2.16. The van der Waals surface area contributed by atoms with E-state index in [2.05, 4.69) is 10.0 Å². The maximum Gasteiger partial charge on any atom is 0.321 e. The second-order valence-electron chi connectivity index (χ2n) is 7.03. The maximum absolute atomic E-state index is 12.3. The molecule has 2 rings (SSSR count). The molecule has 2 amide bonds. The van der Waals surface area contributed by atoms with Crippen LogP contribution < -0.4 is 10.0 Å². The van der Waals surface area contributed by atoms with Crippen LogP contribution in [0.25, 0.3) is 0 Å². The fraction of sp³-hybridized carbons (Fsp3) is 0.632. The number of carbonyl (C=O) groups excluding carboxylic acids is 1. The normalized spacial score (nSPS) is 15.6. The van der Waals surface area contributed by atoms with E-state index in [4.69, 9.17) is 4.74 Å². The molecule has 1 heterocycles. The first-order valence-electron chi connectivity index (χ1n) is 9.66. The highest BCUT2D eigenvalue weighted by atomic mass is 32.2. The second-order valence-corrected chi connectivity index (χ2v) is 8.79. The number of carbonyl (C=O) groups is 1. The highest BCUT2D eigenvalue weighted by molar-refractivity contribution is 7.89. The van der Waals surface area contributed by atoms with Crippen molar-refractivity contribution in [2.45, 2.75) is 57.0 Å². The lowest BCUT2D eigenvalue weighted by Gasteiger charge is -2.20. The van der Waals surface area contributed by atoms with Crippen LogP contribution >= 0.6 is 0 Å². The summed E-state index contributed by atoms with van der Waals surface area (Å²) in [5.74, 6) is 0. The third kappa shape index (κ3) is 7.48. The van der Waals surface area contributed by atoms with Gasteiger partial charge in [-0.15, -0.1) is 0 Å². The van der Waals surface area contributed by atoms with Crippen molar-refractivity contribution in [2.24, 2.45) is 0 Å². The van der Waals surface area contributed by atoms with E-state index in [0.29, 0.717) is 25.3 Å². The third-order valence-corrected chi connectivity index (χ3v) is 5.85. The molecule has 1 fully saturated rings. The van der Waals surface area contributed by atoms with Crippen LogP contribution in [0.1, 0.15) is 46.0 Å². The SMILES string of the molecule is CC(C)OCCCNS(=O)(=O)c1ccc(NC(=O)N2CCCCCC2)cc1. The van der Waals surface area contributed by atoms with Gasteiger partial charge in [0.25, 0.3) is 0 Å². The van der Waals surface area contributed by atoms with Gasteiger partial charge in [0.2, 0.25) is 10.0 Å². The number of anilines is 1. The van der Waals surface area contributed by atoms with Crippen LogP contribution in [0.2, 0.25) is 0 Å². The second kappa shape index (κ2) is 10.6. The molecular weight excluding hydrogens is 366 g/mol. The molecule has 27 heavy (non-hydrogen) atoms. The largest absolute Gasteiger partial charge is 0.379 e. The zero-order valence-electron chi connectivity index (χ0n) is 16.2. The summed E-state index contributed by atoms with van der Waals surface area (Å²) in [5, 5.41) is 2.84. The first-order chi connectivity index (χ1) is 12.9. The Morgan fingerprint density at radius 2 is 1.74 bits per heavy atom. The summed E-state index contributed by atoms with van der Waals surface area (Å²) in [5.41, 5.74) is 0.591. The Kier molecular flexibility index (Phi) is 8.53. The Balaban J connectivity index is 1.85. The number of sulfonamides is 1. The fourth-order valence-corrected chi connectivity index (χ4v) is 3.95. The van der Waals surface area contributed by atoms with E-state index in [9.17, 15) is 13.2 Å². The minimum absolute atomic E-state index is 0.129. The summed E-state index contributed by atoms with van der Waals surface area (Å²) in [6.45, 7) is 6.25. The van der Waals surface area contributed by atoms with E-state index >= 15 is 0 Å². The van der Waals surface area contributed by atoms with Crippen molar-refractivity contribution >= 4 is 21.7 Å². The molecule has 0 aliphatic carbocycles. The molecule has 0 atom stereocenters. The molecule has 0 aromatic heterocycles. The predicted octanol–water partition coefficient (Wildman–Crippen LogP) is 3.19. The molecule has 8 heteroatoms. The van der Waals surface area contributed by atoms with Crippen molar-refractivity contribution < 1.29 is 17.9 Å². The number of rotatable bonds is 8. The highest BCUT2D eigenvalue weighted by Gasteiger charge is 2.17. The standard InChI is InChI=1S/C19H31N3O4S/c1-16(2)26-15-7-12-20-27(24,25)18-10-8-17(9-11-18)21-19(23)22-13-5-3-4-6-14-22/h8-11,16,20H,3-7,12-15H2,1-2H3,(H,21,23). The molecule has 152 valence electrons. The number of hydrogen-bond acceptors (Lipinski definition) is 4. The van der Waals surface area contributed by atoms with E-state index in [1.165, 1.54) is 12.1 Å². The lowest BCUT2D eigenvalue weighted by Crippen LogP contribution is -2.35. The third-order valence-electron chi connectivity index (χ3n) is 4.37. The molecule has 0 spiro atoms. The lowest BCUT2D eigenvalue weighted by atomic mass is 10.2. The average molecular weight is 398 g/mol. The van der Waals surface area contributed by atoms with Gasteiger partial charge < -0.3 is 15.0 Å². The van der Waals surface area contributed by atoms with E-state index in [-0.39, 0.29) is 17.0 Å². The van der Waals surface area contributed by atoms with Gasteiger partial charge in [0, 0.05) is 31.9 Å². The zero-order chi connectivity index (χ0) is 19.7. The molecular formula is C19H31N3O4S. The van der Waals surface area contributed by atoms with Crippen molar-refractivity contribution in [3.05, 3.63) is 24.3 Å². The monoisotopic (exact) mass is 397 g/mol. The van der Waals surface area contributed by atoms with Gasteiger partial charge in [-0.2, -0.15) is 0 Å². The van der Waals surface area contributed by atoms with Crippen LogP contribution in [0.3, 0.4) is 0 Å². The number of ether oxygens (including phenoxy) is 1. The van der Waals surface area contributed by atoms with Gasteiger partial charge in [0.1, 0.15) is 0 Å². The van der Waals surface area contributed by atoms with Crippen LogP contribution in [0, 0.1) is 0 Å². The Morgan fingerprint density at radius 1 is 1.11 bits per heavy atom. The summed E-state index contributed by atoms with van der Waals surface area (Å²) in [4.78, 5) is 14.3. The quantitative estimate of drug-likeness (QED) is 0.660. The fourth-order valence-electron chi connectivity index (χ4n) is 2.87. The minimum Gasteiger partial charge on any atom is -0.379 e. The van der Waals surface area contributed by atoms with Crippen LogP contribution in [0.5, 0.6) is 0 Å². The number of likely N-dealkylation sites (tertiary alicyclic amines) is 1. The smallest absolute Gasteiger partial charge is 0.321 e. The van der Waals surface area contributed by atoms with Crippen molar-refractivity contribution in [3.63, 3.8) is 0 Å². The molecule has 0 radical (unpaired) electrons. The molecule has 7 nitrogen and oxygen atoms in total. The van der Waals surface area contributed by atoms with Gasteiger partial charge in [0.05, 0.1) is 11.0 Å². The number of nitrogens with zero attached hydrogens (tertiary/aromatic N) is 1. The van der Waals surface area contributed by atoms with E-state index in [0.717, 1.165) is 38.8 Å². The van der Waals surface area contributed by atoms with Gasteiger partial charge >= 0.3 is 6.03 Å². The number of urea groups is 1. The number of nitrogens with one attached hydrogen (secondary N) is 2. The van der Waals surface area contributed by atoms with E-state index in [1.807, 2.05) is 18.7 Å². The number of benzene rings is 1. The molecule has 1 aromatic carbocycles. The van der Waals surface area contributed by atoms with Gasteiger partial charge in [-0.25, -0.2) is 17.9 Å². The Morgan fingerprint density at radius 3 is 2.33 bits per heavy atom. The molecule has 0 bridgehead atoms. The maximum atomic E-state index is 12.3. The molecule has 1 aliphatic heterocycles. The van der Waals surface area contributed by atoms with Gasteiger partial charge in [-0.1, -0.05) is 12.8 Å².